The van der Waals surface area contributed by atoms with Crippen LogP contribution in [0.5, 0.6) is 0 Å². The van der Waals surface area contributed by atoms with Gasteiger partial charge in [0.15, 0.2) is 0 Å². The minimum absolute atomic E-state index is 1.22. The van der Waals surface area contributed by atoms with Crippen molar-refractivity contribution in [2.24, 2.45) is 0 Å². The van der Waals surface area contributed by atoms with Crippen LogP contribution in [-0.2, 0) is 0 Å². The molecule has 1 aromatic heterocycles. The van der Waals surface area contributed by atoms with E-state index in [2.05, 4.69) is 35.0 Å². The molecule has 0 fully saturated rings. The summed E-state index contributed by atoms with van der Waals surface area (Å²) < 4.78 is 1.34. The Labute approximate surface area is 69.7 Å². The lowest BCUT2D eigenvalue weighted by molar-refractivity contribution is 1.56. The van der Waals surface area contributed by atoms with E-state index in [1.807, 2.05) is 7.05 Å². The summed E-state index contributed by atoms with van der Waals surface area (Å²) in [7, 11) is 1.95. The first-order valence-electron chi connectivity index (χ1n) is 3.56. The molecular weight excluding hydrogens is 154 g/mol. The van der Waals surface area contributed by atoms with E-state index >= 15 is 0 Å². The lowest BCUT2D eigenvalue weighted by Gasteiger charge is -1.99. The summed E-state index contributed by atoms with van der Waals surface area (Å²) in [4.78, 5) is 0. The highest BCUT2D eigenvalue weighted by Gasteiger charge is 1.97. The predicted octanol–water partition coefficient (Wildman–Crippen LogP) is 2.94. The monoisotopic (exact) mass is 163 g/mol. The topological polar surface area (TPSA) is 12.0 Å². The van der Waals surface area contributed by atoms with Gasteiger partial charge >= 0.3 is 0 Å². The second-order valence-corrected chi connectivity index (χ2v) is 3.31. The zero-order valence-electron chi connectivity index (χ0n) is 6.29. The van der Waals surface area contributed by atoms with Crippen LogP contribution in [0.4, 0.5) is 5.69 Å². The first kappa shape index (κ1) is 6.68. The van der Waals surface area contributed by atoms with Crippen molar-refractivity contribution in [1.82, 2.24) is 0 Å². The minimum atomic E-state index is 1.22. The normalized spacial score (nSPS) is 10.3. The summed E-state index contributed by atoms with van der Waals surface area (Å²) in [5, 5.41) is 6.60. The zero-order valence-corrected chi connectivity index (χ0v) is 7.11. The molecule has 0 aliphatic carbocycles. The molecule has 2 aromatic rings. The molecule has 1 nitrogen and oxygen atoms in total. The third-order valence-corrected chi connectivity index (χ3v) is 2.71. The molecule has 0 aliphatic heterocycles. The maximum atomic E-state index is 3.17. The Balaban J connectivity index is 2.79. The second-order valence-electron chi connectivity index (χ2n) is 2.39. The quantitative estimate of drug-likeness (QED) is 0.681. The molecule has 0 amide bonds. The second kappa shape index (κ2) is 2.55. The van der Waals surface area contributed by atoms with E-state index in [0.717, 1.165) is 0 Å². The number of nitrogens with one attached hydrogen (secondary N) is 1. The molecule has 1 N–H and O–H groups in total. The molecule has 2 heteroatoms. The standard InChI is InChI=1S/C9H9NS/c1-10-8-4-2-3-7-5-6-11-9(7)8/h2-6,10H,1H3. The van der Waals surface area contributed by atoms with Gasteiger partial charge in [0.05, 0.1) is 10.4 Å². The summed E-state index contributed by atoms with van der Waals surface area (Å²) in [5.74, 6) is 0. The lowest BCUT2D eigenvalue weighted by Crippen LogP contribution is -1.85. The van der Waals surface area contributed by atoms with Gasteiger partial charge in [0.25, 0.3) is 0 Å². The van der Waals surface area contributed by atoms with Crippen LogP contribution in [0.3, 0.4) is 0 Å². The zero-order chi connectivity index (χ0) is 7.68. The highest BCUT2D eigenvalue weighted by molar-refractivity contribution is 7.17. The van der Waals surface area contributed by atoms with Gasteiger partial charge < -0.3 is 5.32 Å². The average molecular weight is 163 g/mol. The molecule has 56 valence electrons. The van der Waals surface area contributed by atoms with Crippen molar-refractivity contribution in [3.05, 3.63) is 29.6 Å². The molecule has 0 saturated carbocycles. The van der Waals surface area contributed by atoms with Gasteiger partial charge in [-0.05, 0) is 22.9 Å². The number of benzene rings is 1. The Kier molecular flexibility index (Phi) is 1.55. The van der Waals surface area contributed by atoms with E-state index in [1.54, 1.807) is 11.3 Å². The Morgan fingerprint density at radius 3 is 3.00 bits per heavy atom. The maximum absolute atomic E-state index is 3.17. The molecule has 0 bridgehead atoms. The fourth-order valence-corrected chi connectivity index (χ4v) is 2.11. The van der Waals surface area contributed by atoms with Crippen molar-refractivity contribution in [1.29, 1.82) is 0 Å². The number of thiophene rings is 1. The summed E-state index contributed by atoms with van der Waals surface area (Å²) >= 11 is 1.78. The van der Waals surface area contributed by atoms with Crippen molar-refractivity contribution in [3.8, 4) is 0 Å². The van der Waals surface area contributed by atoms with E-state index in [0.29, 0.717) is 0 Å². The summed E-state index contributed by atoms with van der Waals surface area (Å²) in [6, 6.07) is 8.44. The largest absolute Gasteiger partial charge is 0.387 e. The number of rotatable bonds is 1. The van der Waals surface area contributed by atoms with Gasteiger partial charge in [0, 0.05) is 7.05 Å². The average Bonchev–Trinajstić information content (AvgIpc) is 2.50. The van der Waals surface area contributed by atoms with Crippen molar-refractivity contribution in [3.63, 3.8) is 0 Å². The van der Waals surface area contributed by atoms with Crippen molar-refractivity contribution >= 4 is 27.1 Å². The lowest BCUT2D eigenvalue weighted by atomic mass is 10.2. The summed E-state index contributed by atoms with van der Waals surface area (Å²) in [5.41, 5.74) is 1.22. The van der Waals surface area contributed by atoms with Gasteiger partial charge in [0.1, 0.15) is 0 Å². The fraction of sp³-hybridized carbons (Fsp3) is 0.111. The van der Waals surface area contributed by atoms with E-state index in [4.69, 9.17) is 0 Å². The van der Waals surface area contributed by atoms with E-state index in [-0.39, 0.29) is 0 Å². The summed E-state index contributed by atoms with van der Waals surface area (Å²) in [6.07, 6.45) is 0. The Bertz CT molecular complexity index is 364. The van der Waals surface area contributed by atoms with Crippen molar-refractivity contribution in [2.45, 2.75) is 0 Å². The maximum Gasteiger partial charge on any atom is 0.0574 e. The van der Waals surface area contributed by atoms with Crippen LogP contribution in [0.1, 0.15) is 0 Å². The van der Waals surface area contributed by atoms with Gasteiger partial charge in [-0.15, -0.1) is 11.3 Å². The van der Waals surface area contributed by atoms with Crippen molar-refractivity contribution < 1.29 is 0 Å². The molecule has 0 saturated heterocycles. The van der Waals surface area contributed by atoms with Gasteiger partial charge in [-0.2, -0.15) is 0 Å². The Morgan fingerprint density at radius 2 is 2.18 bits per heavy atom. The smallest absolute Gasteiger partial charge is 0.0574 e. The van der Waals surface area contributed by atoms with Crippen LogP contribution in [0.2, 0.25) is 0 Å². The molecule has 1 aromatic carbocycles. The first-order valence-corrected chi connectivity index (χ1v) is 4.44. The number of anilines is 1. The Morgan fingerprint density at radius 1 is 1.27 bits per heavy atom. The minimum Gasteiger partial charge on any atom is -0.387 e. The number of hydrogen-bond donors (Lipinski definition) is 1. The molecule has 2 rings (SSSR count). The molecule has 0 spiro atoms. The van der Waals surface area contributed by atoms with Crippen LogP contribution < -0.4 is 5.32 Å². The first-order chi connectivity index (χ1) is 5.42. The van der Waals surface area contributed by atoms with Gasteiger partial charge in [-0.1, -0.05) is 12.1 Å². The molecule has 0 aliphatic rings. The van der Waals surface area contributed by atoms with E-state index in [1.165, 1.54) is 15.8 Å². The van der Waals surface area contributed by atoms with Crippen molar-refractivity contribution in [2.75, 3.05) is 12.4 Å². The molecule has 0 radical (unpaired) electrons. The van der Waals surface area contributed by atoms with Gasteiger partial charge in [-0.3, -0.25) is 0 Å². The van der Waals surface area contributed by atoms with Gasteiger partial charge in [-0.25, -0.2) is 0 Å². The number of fused-ring (bicyclic) bond motifs is 1. The number of hydrogen-bond acceptors (Lipinski definition) is 2. The Hall–Kier alpha value is -1.02. The van der Waals surface area contributed by atoms with Crippen LogP contribution in [-0.4, -0.2) is 7.05 Å². The molecule has 1 heterocycles. The highest BCUT2D eigenvalue weighted by Crippen LogP contribution is 2.27. The van der Waals surface area contributed by atoms with Crippen LogP contribution >= 0.6 is 11.3 Å². The highest BCUT2D eigenvalue weighted by atomic mass is 32.1. The third kappa shape index (κ3) is 0.994. The summed E-state index contributed by atoms with van der Waals surface area (Å²) in [6.45, 7) is 0. The molecule has 0 unspecified atom stereocenters. The third-order valence-electron chi connectivity index (χ3n) is 1.75. The van der Waals surface area contributed by atoms with E-state index in [9.17, 15) is 0 Å². The SMILES string of the molecule is CNc1cccc2ccsc12. The van der Waals surface area contributed by atoms with Crippen LogP contribution in [0, 0.1) is 0 Å². The predicted molar refractivity (Wildman–Crippen MR) is 51.4 cm³/mol. The van der Waals surface area contributed by atoms with E-state index < -0.39 is 0 Å². The van der Waals surface area contributed by atoms with Crippen LogP contribution in [0.25, 0.3) is 10.1 Å². The molecular formula is C9H9NS. The molecule has 11 heavy (non-hydrogen) atoms. The molecule has 0 atom stereocenters. The fourth-order valence-electron chi connectivity index (χ4n) is 1.19. The van der Waals surface area contributed by atoms with Gasteiger partial charge in [0.2, 0.25) is 0 Å². The van der Waals surface area contributed by atoms with Crippen LogP contribution in [0.15, 0.2) is 29.6 Å².